The maximum absolute atomic E-state index is 4.19. The quantitative estimate of drug-likeness (QED) is 0.902. The van der Waals surface area contributed by atoms with E-state index in [9.17, 15) is 0 Å². The van der Waals surface area contributed by atoms with Gasteiger partial charge in [0.25, 0.3) is 0 Å². The summed E-state index contributed by atoms with van der Waals surface area (Å²) in [4.78, 5) is 4.17. The van der Waals surface area contributed by atoms with E-state index in [4.69, 9.17) is 0 Å². The summed E-state index contributed by atoms with van der Waals surface area (Å²) in [6.45, 7) is 7.03. The molecule has 2 aromatic rings. The molecule has 0 aliphatic rings. The Morgan fingerprint density at radius 1 is 1.29 bits per heavy atom. The van der Waals surface area contributed by atoms with Crippen LogP contribution >= 0.6 is 11.3 Å². The van der Waals surface area contributed by atoms with Gasteiger partial charge < -0.3 is 5.32 Å². The lowest BCUT2D eigenvalue weighted by atomic mass is 10.2. The molecule has 0 atom stereocenters. The predicted molar refractivity (Wildman–Crippen MR) is 69.9 cm³/mol. The van der Waals surface area contributed by atoms with Gasteiger partial charge in [0.05, 0.1) is 0 Å². The summed E-state index contributed by atoms with van der Waals surface area (Å²) >= 11 is 1.61. The van der Waals surface area contributed by atoms with Crippen molar-refractivity contribution in [3.05, 3.63) is 29.0 Å². The maximum Gasteiger partial charge on any atom is 0.149 e. The fraction of sp³-hybridized carbons (Fsp3) is 0.417. The van der Waals surface area contributed by atoms with Crippen LogP contribution in [0.3, 0.4) is 0 Å². The van der Waals surface area contributed by atoms with Crippen LogP contribution in [-0.2, 0) is 6.54 Å². The standard InChI is InChI=1S/C12H16N4S/c1-8(2)14-7-11-15-16-12(17-11)10-4-9(3)5-13-6-10/h4-6,8,14H,7H2,1-3H3. The molecule has 1 N–H and O–H groups in total. The van der Waals surface area contributed by atoms with Crippen molar-refractivity contribution in [2.24, 2.45) is 0 Å². The van der Waals surface area contributed by atoms with Gasteiger partial charge in [-0.3, -0.25) is 4.98 Å². The number of hydrogen-bond acceptors (Lipinski definition) is 5. The maximum atomic E-state index is 4.19. The van der Waals surface area contributed by atoms with Gasteiger partial charge in [-0.25, -0.2) is 0 Å². The van der Waals surface area contributed by atoms with E-state index >= 15 is 0 Å². The van der Waals surface area contributed by atoms with Gasteiger partial charge in [0.1, 0.15) is 10.0 Å². The summed E-state index contributed by atoms with van der Waals surface area (Å²) in [6, 6.07) is 2.54. The van der Waals surface area contributed by atoms with Gasteiger partial charge in [-0.2, -0.15) is 0 Å². The lowest BCUT2D eigenvalue weighted by Crippen LogP contribution is -2.21. The Labute approximate surface area is 105 Å². The van der Waals surface area contributed by atoms with Crippen LogP contribution in [0.1, 0.15) is 24.4 Å². The third-order valence-corrected chi connectivity index (χ3v) is 3.22. The first-order valence-electron chi connectivity index (χ1n) is 5.63. The minimum Gasteiger partial charge on any atom is -0.308 e. The molecular weight excluding hydrogens is 232 g/mol. The number of rotatable bonds is 4. The molecule has 2 heterocycles. The van der Waals surface area contributed by atoms with E-state index in [1.165, 1.54) is 0 Å². The van der Waals surface area contributed by atoms with Crippen molar-refractivity contribution < 1.29 is 0 Å². The van der Waals surface area contributed by atoms with Gasteiger partial charge in [0, 0.05) is 30.5 Å². The molecular formula is C12H16N4S. The number of nitrogens with one attached hydrogen (secondary N) is 1. The molecule has 0 radical (unpaired) electrons. The number of pyridine rings is 1. The molecule has 0 aliphatic carbocycles. The average Bonchev–Trinajstić information content (AvgIpc) is 2.75. The highest BCUT2D eigenvalue weighted by Crippen LogP contribution is 2.23. The predicted octanol–water partition coefficient (Wildman–Crippen LogP) is 2.41. The Morgan fingerprint density at radius 2 is 2.12 bits per heavy atom. The van der Waals surface area contributed by atoms with Gasteiger partial charge >= 0.3 is 0 Å². The van der Waals surface area contributed by atoms with Crippen molar-refractivity contribution in [1.82, 2.24) is 20.5 Å². The molecule has 4 nitrogen and oxygen atoms in total. The van der Waals surface area contributed by atoms with E-state index in [1.807, 2.05) is 19.3 Å². The van der Waals surface area contributed by atoms with Crippen molar-refractivity contribution in [3.8, 4) is 10.6 Å². The molecule has 2 aromatic heterocycles. The van der Waals surface area contributed by atoms with Crippen LogP contribution in [0.25, 0.3) is 10.6 Å². The highest BCUT2D eigenvalue weighted by atomic mass is 32.1. The zero-order chi connectivity index (χ0) is 12.3. The van der Waals surface area contributed by atoms with Crippen molar-refractivity contribution in [1.29, 1.82) is 0 Å². The van der Waals surface area contributed by atoms with Crippen molar-refractivity contribution in [2.75, 3.05) is 0 Å². The lowest BCUT2D eigenvalue weighted by Gasteiger charge is -2.03. The highest BCUT2D eigenvalue weighted by molar-refractivity contribution is 7.14. The van der Waals surface area contributed by atoms with Gasteiger partial charge in [0.15, 0.2) is 0 Å². The van der Waals surface area contributed by atoms with Crippen LogP contribution in [0.15, 0.2) is 18.5 Å². The molecule has 0 amide bonds. The van der Waals surface area contributed by atoms with Crippen molar-refractivity contribution in [2.45, 2.75) is 33.4 Å². The van der Waals surface area contributed by atoms with Crippen LogP contribution < -0.4 is 5.32 Å². The second-order valence-corrected chi connectivity index (χ2v) is 5.35. The smallest absolute Gasteiger partial charge is 0.149 e. The first-order chi connectivity index (χ1) is 8.15. The van der Waals surface area contributed by atoms with Gasteiger partial charge in [-0.1, -0.05) is 25.2 Å². The topological polar surface area (TPSA) is 50.7 Å². The van der Waals surface area contributed by atoms with Crippen LogP contribution in [0, 0.1) is 6.92 Å². The minimum absolute atomic E-state index is 0.461. The number of aryl methyl sites for hydroxylation is 1. The summed E-state index contributed by atoms with van der Waals surface area (Å²) in [5, 5.41) is 13.6. The third kappa shape index (κ3) is 3.31. The molecule has 0 saturated carbocycles. The van der Waals surface area contributed by atoms with Gasteiger partial charge in [-0.05, 0) is 18.6 Å². The Kier molecular flexibility index (Phi) is 3.81. The minimum atomic E-state index is 0.461. The molecule has 0 bridgehead atoms. The fourth-order valence-electron chi connectivity index (χ4n) is 1.41. The lowest BCUT2D eigenvalue weighted by molar-refractivity contribution is 0.585. The molecule has 0 fully saturated rings. The van der Waals surface area contributed by atoms with E-state index in [2.05, 4.69) is 40.4 Å². The molecule has 2 rings (SSSR count). The summed E-state index contributed by atoms with van der Waals surface area (Å²) in [5.74, 6) is 0. The average molecular weight is 248 g/mol. The van der Waals surface area contributed by atoms with E-state index < -0.39 is 0 Å². The number of aromatic nitrogens is 3. The fourth-order valence-corrected chi connectivity index (χ4v) is 2.18. The van der Waals surface area contributed by atoms with E-state index in [0.29, 0.717) is 6.04 Å². The molecule has 0 spiro atoms. The summed E-state index contributed by atoms with van der Waals surface area (Å²) in [5.41, 5.74) is 2.18. The highest BCUT2D eigenvalue weighted by Gasteiger charge is 2.07. The Hall–Kier alpha value is -1.33. The van der Waals surface area contributed by atoms with Crippen LogP contribution in [0.4, 0.5) is 0 Å². The third-order valence-electron chi connectivity index (χ3n) is 2.25. The van der Waals surface area contributed by atoms with Crippen LogP contribution in [0.5, 0.6) is 0 Å². The summed E-state index contributed by atoms with van der Waals surface area (Å²) in [7, 11) is 0. The molecule has 0 aliphatic heterocycles. The molecule has 0 saturated heterocycles. The second-order valence-electron chi connectivity index (χ2n) is 4.29. The molecule has 0 aromatic carbocycles. The second kappa shape index (κ2) is 5.33. The zero-order valence-corrected chi connectivity index (χ0v) is 11.1. The molecule has 90 valence electrons. The van der Waals surface area contributed by atoms with E-state index in [-0.39, 0.29) is 0 Å². The molecule has 17 heavy (non-hydrogen) atoms. The molecule has 0 unspecified atom stereocenters. The Balaban J connectivity index is 2.12. The largest absolute Gasteiger partial charge is 0.308 e. The van der Waals surface area contributed by atoms with Crippen LogP contribution in [0.2, 0.25) is 0 Å². The van der Waals surface area contributed by atoms with E-state index in [1.54, 1.807) is 11.3 Å². The zero-order valence-electron chi connectivity index (χ0n) is 10.3. The van der Waals surface area contributed by atoms with Crippen molar-refractivity contribution >= 4 is 11.3 Å². The van der Waals surface area contributed by atoms with Gasteiger partial charge in [-0.15, -0.1) is 10.2 Å². The normalized spacial score (nSPS) is 11.1. The number of nitrogens with zero attached hydrogens (tertiary/aromatic N) is 3. The van der Waals surface area contributed by atoms with Crippen LogP contribution in [-0.4, -0.2) is 21.2 Å². The Bertz CT molecular complexity index is 493. The first-order valence-corrected chi connectivity index (χ1v) is 6.44. The SMILES string of the molecule is Cc1cncc(-c2nnc(CNC(C)C)s2)c1. The summed E-state index contributed by atoms with van der Waals surface area (Å²) in [6.07, 6.45) is 3.67. The molecule has 5 heteroatoms. The Morgan fingerprint density at radius 3 is 2.82 bits per heavy atom. The monoisotopic (exact) mass is 248 g/mol. The van der Waals surface area contributed by atoms with Crippen molar-refractivity contribution in [3.63, 3.8) is 0 Å². The summed E-state index contributed by atoms with van der Waals surface area (Å²) < 4.78 is 0. The van der Waals surface area contributed by atoms with Gasteiger partial charge in [0.2, 0.25) is 0 Å². The van der Waals surface area contributed by atoms with E-state index in [0.717, 1.165) is 27.7 Å². The first kappa shape index (κ1) is 12.1. The number of hydrogen-bond donors (Lipinski definition) is 1.